The topological polar surface area (TPSA) is 63.2 Å². The molecule has 28 valence electrons. The van der Waals surface area contributed by atoms with Gasteiger partial charge in [0.25, 0.3) is 0 Å². The normalized spacial score (nSPS) is 4.00. The third-order valence-electron chi connectivity index (χ3n) is 0. The second-order valence-corrected chi connectivity index (χ2v) is 0.250. The Morgan fingerprint density at radius 3 is 1.33 bits per heavy atom. The van der Waals surface area contributed by atoms with Crippen LogP contribution < -0.4 is 10.2 Å². The number of rotatable bonds is 0. The average molecular weight is 380 g/mol. The molecule has 0 heterocycles. The van der Waals surface area contributed by atoms with E-state index in [1.807, 2.05) is 0 Å². The van der Waals surface area contributed by atoms with Gasteiger partial charge < -0.3 is 15.0 Å². The van der Waals surface area contributed by atoms with Gasteiger partial charge in [-0.15, -0.1) is 0 Å². The second kappa shape index (κ2) is 9.45. The van der Waals surface area contributed by atoms with E-state index < -0.39 is 6.16 Å². The Hall–Kier alpha value is 1.11. The fraction of sp³-hybridized carbons (Fsp3) is 0. The summed E-state index contributed by atoms with van der Waals surface area (Å²) in [4.78, 5) is 8.33. The van der Waals surface area contributed by atoms with E-state index >= 15 is 0 Å². The number of carboxylic acid groups (broad SMARTS) is 2. The Kier molecular flexibility index (Phi) is 24.7. The molecule has 0 atom stereocenters. The Morgan fingerprint density at radius 2 is 1.33 bits per heavy atom. The van der Waals surface area contributed by atoms with Crippen molar-refractivity contribution in [3.8, 4) is 0 Å². The molecule has 0 aromatic carbocycles. The minimum Gasteiger partial charge on any atom is -0.652 e. The van der Waals surface area contributed by atoms with Crippen molar-refractivity contribution in [2.24, 2.45) is 0 Å². The molecule has 0 bridgehead atoms. The molecule has 3 nitrogen and oxygen atoms in total. The van der Waals surface area contributed by atoms with Gasteiger partial charge >= 0.3 is 27.3 Å². The summed E-state index contributed by atoms with van der Waals surface area (Å²) in [5.74, 6) is 0. The second-order valence-electron chi connectivity index (χ2n) is 0.250. The third-order valence-corrected chi connectivity index (χ3v) is 0. The van der Waals surface area contributed by atoms with Crippen LogP contribution in [0, 0.1) is 0 Å². The predicted molar refractivity (Wildman–Crippen MR) is 11.1 cm³/mol. The first-order valence-electron chi connectivity index (χ1n) is 0.612. The SMILES string of the molecule is O=C([O-])[O-].[Cd].[Pb+2]. The molecular formula is CCdO3Pb. The Bertz CT molecular complexity index is 33.8. The first-order chi connectivity index (χ1) is 1.73. The van der Waals surface area contributed by atoms with Gasteiger partial charge in [-0.2, -0.15) is 0 Å². The van der Waals surface area contributed by atoms with Crippen LogP contribution in [-0.2, 0) is 27.3 Å². The van der Waals surface area contributed by atoms with Gasteiger partial charge in [-0.05, 0) is 6.16 Å². The summed E-state index contributed by atoms with van der Waals surface area (Å²) in [5, 5.41) is 16.7. The molecule has 6 heavy (non-hydrogen) atoms. The Balaban J connectivity index is -0.0000000450. The molecule has 0 amide bonds. The van der Waals surface area contributed by atoms with Crippen molar-refractivity contribution in [3.05, 3.63) is 0 Å². The molecule has 2 radical (unpaired) electrons. The molecule has 0 aliphatic rings. The summed E-state index contributed by atoms with van der Waals surface area (Å²) < 4.78 is 0. The Labute approximate surface area is 75.1 Å². The third kappa shape index (κ3) is 69.7. The molecule has 0 saturated heterocycles. The monoisotopic (exact) mass is 382 g/mol. The summed E-state index contributed by atoms with van der Waals surface area (Å²) in [7, 11) is 0. The van der Waals surface area contributed by atoms with Crippen molar-refractivity contribution >= 4 is 33.5 Å². The number of hydrogen-bond donors (Lipinski definition) is 0. The van der Waals surface area contributed by atoms with Crippen LogP contribution in [0.4, 0.5) is 4.79 Å². The van der Waals surface area contributed by atoms with E-state index in [9.17, 15) is 0 Å². The van der Waals surface area contributed by atoms with Gasteiger partial charge in [0, 0.05) is 27.3 Å². The fourth-order valence-corrected chi connectivity index (χ4v) is 0. The van der Waals surface area contributed by atoms with Crippen LogP contribution in [-0.4, -0.2) is 33.5 Å². The van der Waals surface area contributed by atoms with Crippen molar-refractivity contribution in [3.63, 3.8) is 0 Å². The molecular weight excluding hydrogens is 380 g/mol. The van der Waals surface area contributed by atoms with E-state index in [1.165, 1.54) is 0 Å². The van der Waals surface area contributed by atoms with Crippen LogP contribution >= 0.6 is 0 Å². The average Bonchev–Trinajstić information content (AvgIpc) is 0.811. The number of carbonyl (C=O) groups excluding carboxylic acids is 1. The van der Waals surface area contributed by atoms with Crippen LogP contribution in [0.3, 0.4) is 0 Å². The minimum absolute atomic E-state index is 0. The molecule has 0 aromatic heterocycles. The molecule has 0 spiro atoms. The molecule has 5 heteroatoms. The van der Waals surface area contributed by atoms with E-state index in [0.29, 0.717) is 0 Å². The molecule has 0 saturated carbocycles. The number of hydrogen-bond acceptors (Lipinski definition) is 3. The summed E-state index contributed by atoms with van der Waals surface area (Å²) >= 11 is 0. The van der Waals surface area contributed by atoms with Crippen molar-refractivity contribution < 1.29 is 42.3 Å². The summed E-state index contributed by atoms with van der Waals surface area (Å²) in [5.41, 5.74) is 0. The van der Waals surface area contributed by atoms with Crippen LogP contribution in [0.2, 0.25) is 0 Å². The van der Waals surface area contributed by atoms with E-state index in [-0.39, 0.29) is 54.6 Å². The van der Waals surface area contributed by atoms with E-state index in [4.69, 9.17) is 15.0 Å². The van der Waals surface area contributed by atoms with Crippen molar-refractivity contribution in [1.29, 1.82) is 0 Å². The molecule has 0 N–H and O–H groups in total. The van der Waals surface area contributed by atoms with Gasteiger partial charge in [-0.1, -0.05) is 0 Å². The zero-order valence-corrected chi connectivity index (χ0v) is 10.9. The molecule has 0 unspecified atom stereocenters. The maximum Gasteiger partial charge on any atom is 2.00 e. The zero-order valence-electron chi connectivity index (χ0n) is 2.93. The standard InChI is InChI=1S/CH2O3.Cd.Pb/c2-1(3)4;;/h(H2,2,3,4);;/q;;+2/p-2. The smallest absolute Gasteiger partial charge is 0.652 e. The van der Waals surface area contributed by atoms with Gasteiger partial charge in [0.15, 0.2) is 0 Å². The van der Waals surface area contributed by atoms with E-state index in [0.717, 1.165) is 0 Å². The van der Waals surface area contributed by atoms with Gasteiger partial charge in [0.1, 0.15) is 0 Å². The van der Waals surface area contributed by atoms with E-state index in [1.54, 1.807) is 0 Å². The fourth-order valence-electron chi connectivity index (χ4n) is 0. The van der Waals surface area contributed by atoms with Crippen molar-refractivity contribution in [1.82, 2.24) is 0 Å². The first kappa shape index (κ1) is 15.7. The van der Waals surface area contributed by atoms with Crippen molar-refractivity contribution in [2.45, 2.75) is 0 Å². The van der Waals surface area contributed by atoms with Gasteiger partial charge in [-0.25, -0.2) is 0 Å². The van der Waals surface area contributed by atoms with Gasteiger partial charge in [0.2, 0.25) is 0 Å². The molecule has 0 rings (SSSR count). The minimum atomic E-state index is -2.33. The van der Waals surface area contributed by atoms with E-state index in [2.05, 4.69) is 0 Å². The summed E-state index contributed by atoms with van der Waals surface area (Å²) in [6.07, 6.45) is -2.33. The van der Waals surface area contributed by atoms with Crippen LogP contribution in [0.25, 0.3) is 0 Å². The summed E-state index contributed by atoms with van der Waals surface area (Å²) in [6.45, 7) is 0. The zero-order chi connectivity index (χ0) is 3.58. The summed E-state index contributed by atoms with van der Waals surface area (Å²) in [6, 6.07) is 0. The Morgan fingerprint density at radius 1 is 1.33 bits per heavy atom. The first-order valence-corrected chi connectivity index (χ1v) is 0.612. The molecule has 0 fully saturated rings. The van der Waals surface area contributed by atoms with Gasteiger partial charge in [0.05, 0.1) is 0 Å². The van der Waals surface area contributed by atoms with Crippen LogP contribution in [0.1, 0.15) is 0 Å². The maximum atomic E-state index is 8.33. The molecule has 0 aromatic rings. The largest absolute Gasteiger partial charge is 2.00 e. The van der Waals surface area contributed by atoms with Crippen molar-refractivity contribution in [2.75, 3.05) is 0 Å². The molecule has 0 aliphatic carbocycles. The van der Waals surface area contributed by atoms with Gasteiger partial charge in [-0.3, -0.25) is 0 Å². The maximum absolute atomic E-state index is 8.33. The van der Waals surface area contributed by atoms with Crippen LogP contribution in [0.15, 0.2) is 0 Å². The van der Waals surface area contributed by atoms with Crippen LogP contribution in [0.5, 0.6) is 0 Å². The molecule has 0 aliphatic heterocycles. The number of carbonyl (C=O) groups is 1. The predicted octanol–water partition coefficient (Wildman–Crippen LogP) is -2.83. The quantitative estimate of drug-likeness (QED) is 0.426.